The van der Waals surface area contributed by atoms with E-state index >= 15 is 0 Å². The lowest BCUT2D eigenvalue weighted by atomic mass is 10.1. The molecule has 0 radical (unpaired) electrons. The number of ether oxygens (including phenoxy) is 1. The van der Waals surface area contributed by atoms with Crippen LogP contribution in [0.15, 0.2) is 69.9 Å². The van der Waals surface area contributed by atoms with E-state index in [1.807, 2.05) is 30.3 Å². The first-order valence-electron chi connectivity index (χ1n) is 9.89. The predicted octanol–water partition coefficient (Wildman–Crippen LogP) is 0.889. The normalized spacial score (nSPS) is 12.5. The molecule has 0 unspecified atom stereocenters. The lowest BCUT2D eigenvalue weighted by Crippen LogP contribution is -2.55. The van der Waals surface area contributed by atoms with Crippen LogP contribution in [0.5, 0.6) is 5.75 Å². The predicted molar refractivity (Wildman–Crippen MR) is 117 cm³/mol. The number of hydrogen-bond donors (Lipinski definition) is 3. The summed E-state index contributed by atoms with van der Waals surface area (Å²) in [6.07, 6.45) is 0.208. The summed E-state index contributed by atoms with van der Waals surface area (Å²) in [6.45, 7) is 1.05. The number of primary amides is 1. The van der Waals surface area contributed by atoms with Crippen molar-refractivity contribution in [2.24, 2.45) is 5.73 Å². The molecule has 9 nitrogen and oxygen atoms in total. The molecule has 0 fully saturated rings. The fourth-order valence-corrected chi connectivity index (χ4v) is 3.08. The van der Waals surface area contributed by atoms with E-state index in [-0.39, 0.29) is 13.0 Å². The molecule has 0 aliphatic heterocycles. The van der Waals surface area contributed by atoms with E-state index in [9.17, 15) is 19.2 Å². The first-order chi connectivity index (χ1) is 15.3. The van der Waals surface area contributed by atoms with Crippen molar-refractivity contribution in [3.05, 3.63) is 76.6 Å². The van der Waals surface area contributed by atoms with E-state index in [1.165, 1.54) is 19.1 Å². The summed E-state index contributed by atoms with van der Waals surface area (Å²) < 4.78 is 10.8. The van der Waals surface area contributed by atoms with Gasteiger partial charge in [-0.1, -0.05) is 30.3 Å². The zero-order valence-electron chi connectivity index (χ0n) is 17.4. The van der Waals surface area contributed by atoms with Crippen molar-refractivity contribution in [1.29, 1.82) is 0 Å². The van der Waals surface area contributed by atoms with Crippen LogP contribution in [0, 0.1) is 0 Å². The largest absolute Gasteiger partial charge is 0.491 e. The summed E-state index contributed by atoms with van der Waals surface area (Å²) in [5, 5.41) is 5.79. The number of benzene rings is 2. The molecule has 0 saturated carbocycles. The maximum atomic E-state index is 12.8. The number of fused-ring (bicyclic) bond motifs is 1. The monoisotopic (exact) mass is 437 g/mol. The second-order valence-electron chi connectivity index (χ2n) is 7.17. The van der Waals surface area contributed by atoms with Gasteiger partial charge in [0.2, 0.25) is 17.7 Å². The molecular weight excluding hydrogens is 414 g/mol. The number of hydrogen-bond acceptors (Lipinski definition) is 6. The van der Waals surface area contributed by atoms with Gasteiger partial charge < -0.3 is 25.5 Å². The van der Waals surface area contributed by atoms with E-state index in [0.717, 1.165) is 5.56 Å². The highest BCUT2D eigenvalue weighted by molar-refractivity contribution is 5.91. The number of carbonyl (C=O) groups excluding carboxylic acids is 3. The molecule has 32 heavy (non-hydrogen) atoms. The number of carbonyl (C=O) groups is 3. The fraction of sp³-hybridized carbons (Fsp3) is 0.217. The Morgan fingerprint density at radius 2 is 1.72 bits per heavy atom. The van der Waals surface area contributed by atoms with Crippen molar-refractivity contribution in [2.75, 3.05) is 6.61 Å². The Kier molecular flexibility index (Phi) is 7.22. The van der Waals surface area contributed by atoms with Crippen LogP contribution >= 0.6 is 0 Å². The third-order valence-electron chi connectivity index (χ3n) is 4.65. The van der Waals surface area contributed by atoms with E-state index in [4.69, 9.17) is 14.9 Å². The zero-order valence-corrected chi connectivity index (χ0v) is 17.4. The molecule has 0 bridgehead atoms. The van der Waals surface area contributed by atoms with Crippen molar-refractivity contribution in [2.45, 2.75) is 25.4 Å². The smallest absolute Gasteiger partial charge is 0.336 e. The SMILES string of the molecule is CC(=O)N[C@@H](COc1ccc2ccc(=O)oc2c1)C(=O)N[C@@H](Cc1ccccc1)C(N)=O. The fourth-order valence-electron chi connectivity index (χ4n) is 3.08. The van der Waals surface area contributed by atoms with Crippen molar-refractivity contribution in [1.82, 2.24) is 10.6 Å². The standard InChI is InChI=1S/C23H23N3O6/c1-14(27)25-19(13-31-17-9-7-16-8-10-21(28)32-20(16)12-17)23(30)26-18(22(24)29)11-15-5-3-2-4-6-15/h2-10,12,18-19H,11,13H2,1H3,(H2,24,29)(H,25,27)(H,26,30)/t18-,19-/m0/s1. The van der Waals surface area contributed by atoms with Gasteiger partial charge in [0.05, 0.1) is 0 Å². The third kappa shape index (κ3) is 6.18. The molecule has 1 aromatic heterocycles. The molecule has 0 aliphatic rings. The molecule has 9 heteroatoms. The van der Waals surface area contributed by atoms with Crippen molar-refractivity contribution in [3.63, 3.8) is 0 Å². The highest BCUT2D eigenvalue weighted by atomic mass is 16.5. The molecular formula is C23H23N3O6. The molecule has 3 aromatic rings. The minimum absolute atomic E-state index is 0.208. The maximum absolute atomic E-state index is 12.8. The lowest BCUT2D eigenvalue weighted by Gasteiger charge is -2.22. The molecule has 0 spiro atoms. The summed E-state index contributed by atoms with van der Waals surface area (Å²) in [5.41, 5.74) is 6.10. The van der Waals surface area contributed by atoms with Crippen LogP contribution in [-0.4, -0.2) is 36.4 Å². The Morgan fingerprint density at radius 3 is 2.41 bits per heavy atom. The van der Waals surface area contributed by atoms with Crippen LogP contribution in [0.25, 0.3) is 11.0 Å². The Morgan fingerprint density at radius 1 is 1.00 bits per heavy atom. The third-order valence-corrected chi connectivity index (χ3v) is 4.65. The van der Waals surface area contributed by atoms with Gasteiger partial charge in [-0.05, 0) is 23.8 Å². The second-order valence-corrected chi connectivity index (χ2v) is 7.17. The average molecular weight is 437 g/mol. The minimum Gasteiger partial charge on any atom is -0.491 e. The van der Waals surface area contributed by atoms with Gasteiger partial charge in [0.15, 0.2) is 0 Å². The quantitative estimate of drug-likeness (QED) is 0.425. The van der Waals surface area contributed by atoms with E-state index in [1.54, 1.807) is 18.2 Å². The Bertz CT molecular complexity index is 1180. The number of rotatable bonds is 9. The molecule has 1 heterocycles. The molecule has 2 atom stereocenters. The van der Waals surface area contributed by atoms with Crippen LogP contribution in [0.3, 0.4) is 0 Å². The van der Waals surface area contributed by atoms with Gasteiger partial charge in [0.1, 0.15) is 30.0 Å². The van der Waals surface area contributed by atoms with Crippen LogP contribution < -0.4 is 26.7 Å². The summed E-state index contributed by atoms with van der Waals surface area (Å²) in [6, 6.07) is 14.8. The summed E-state index contributed by atoms with van der Waals surface area (Å²) >= 11 is 0. The summed E-state index contributed by atoms with van der Waals surface area (Å²) in [4.78, 5) is 47.7. The van der Waals surface area contributed by atoms with Gasteiger partial charge in [-0.3, -0.25) is 14.4 Å². The molecule has 3 amide bonds. The molecule has 0 aliphatic carbocycles. The average Bonchev–Trinajstić information content (AvgIpc) is 2.76. The first kappa shape index (κ1) is 22.5. The Hall–Kier alpha value is -4.14. The van der Waals surface area contributed by atoms with Gasteiger partial charge in [-0.2, -0.15) is 0 Å². The topological polar surface area (TPSA) is 141 Å². The van der Waals surface area contributed by atoms with Crippen LogP contribution in [0.2, 0.25) is 0 Å². The van der Waals surface area contributed by atoms with Gasteiger partial charge in [-0.15, -0.1) is 0 Å². The van der Waals surface area contributed by atoms with Gasteiger partial charge >= 0.3 is 5.63 Å². The van der Waals surface area contributed by atoms with Crippen molar-refractivity contribution >= 4 is 28.7 Å². The Balaban J connectivity index is 1.70. The first-order valence-corrected chi connectivity index (χ1v) is 9.89. The second kappa shape index (κ2) is 10.3. The highest BCUT2D eigenvalue weighted by Gasteiger charge is 2.26. The molecule has 3 rings (SSSR count). The highest BCUT2D eigenvalue weighted by Crippen LogP contribution is 2.19. The van der Waals surface area contributed by atoms with E-state index in [0.29, 0.717) is 16.7 Å². The minimum atomic E-state index is -1.08. The van der Waals surface area contributed by atoms with Crippen LogP contribution in [0.4, 0.5) is 0 Å². The van der Waals surface area contributed by atoms with E-state index in [2.05, 4.69) is 10.6 Å². The van der Waals surface area contributed by atoms with Crippen molar-refractivity contribution in [3.8, 4) is 5.75 Å². The van der Waals surface area contributed by atoms with Crippen LogP contribution in [-0.2, 0) is 20.8 Å². The molecule has 2 aromatic carbocycles. The summed E-state index contributed by atoms with van der Waals surface area (Å²) in [5.74, 6) is -1.43. The van der Waals surface area contributed by atoms with Gasteiger partial charge in [0, 0.05) is 30.9 Å². The zero-order chi connectivity index (χ0) is 23.1. The van der Waals surface area contributed by atoms with Gasteiger partial charge in [0.25, 0.3) is 0 Å². The van der Waals surface area contributed by atoms with Gasteiger partial charge in [-0.25, -0.2) is 4.79 Å². The molecule has 4 N–H and O–H groups in total. The number of nitrogens with two attached hydrogens (primary N) is 1. The molecule has 166 valence electrons. The van der Waals surface area contributed by atoms with Crippen LogP contribution in [0.1, 0.15) is 12.5 Å². The summed E-state index contributed by atoms with van der Waals surface area (Å²) in [7, 11) is 0. The van der Waals surface area contributed by atoms with Crippen molar-refractivity contribution < 1.29 is 23.5 Å². The maximum Gasteiger partial charge on any atom is 0.336 e. The lowest BCUT2D eigenvalue weighted by molar-refractivity contribution is -0.131. The number of nitrogens with one attached hydrogen (secondary N) is 2. The number of amides is 3. The van der Waals surface area contributed by atoms with E-state index < -0.39 is 35.4 Å². The molecule has 0 saturated heterocycles. The Labute approximate surface area is 183 Å².